The van der Waals surface area contributed by atoms with E-state index in [9.17, 15) is 4.79 Å². The summed E-state index contributed by atoms with van der Waals surface area (Å²) in [6, 6.07) is 7.53. The molecule has 1 amide bonds. The maximum atomic E-state index is 12.1. The van der Waals surface area contributed by atoms with Gasteiger partial charge in [-0.1, -0.05) is 23.7 Å². The van der Waals surface area contributed by atoms with E-state index in [1.165, 1.54) is 0 Å². The second-order valence-corrected chi connectivity index (χ2v) is 7.13. The van der Waals surface area contributed by atoms with Crippen molar-refractivity contribution in [3.05, 3.63) is 57.0 Å². The standard InChI is InChI=1S/C17H18BrClN6O/c1-11-16(18)12(2)25(22-11)7-6-15(26)21-17-20-10-24(23-17)9-13-4-3-5-14(19)8-13/h3-5,8,10H,6-7,9H2,1-2H3,(H,21,23,26). The minimum atomic E-state index is -0.158. The molecule has 2 aromatic heterocycles. The van der Waals surface area contributed by atoms with E-state index in [1.807, 2.05) is 42.8 Å². The molecular formula is C17H18BrClN6O. The van der Waals surface area contributed by atoms with Gasteiger partial charge < -0.3 is 0 Å². The third kappa shape index (κ3) is 4.50. The molecule has 3 rings (SSSR count). The Morgan fingerprint density at radius 1 is 1.31 bits per heavy atom. The van der Waals surface area contributed by atoms with Gasteiger partial charge in [-0.3, -0.25) is 14.8 Å². The first-order valence-corrected chi connectivity index (χ1v) is 9.22. The second kappa shape index (κ2) is 8.01. The molecule has 1 N–H and O–H groups in total. The monoisotopic (exact) mass is 436 g/mol. The fraction of sp³-hybridized carbons (Fsp3) is 0.294. The van der Waals surface area contributed by atoms with E-state index in [1.54, 1.807) is 11.0 Å². The molecule has 3 aromatic rings. The Balaban J connectivity index is 1.55. The van der Waals surface area contributed by atoms with Gasteiger partial charge in [0.15, 0.2) is 0 Å². The quantitative estimate of drug-likeness (QED) is 0.639. The SMILES string of the molecule is Cc1nn(CCC(=O)Nc2ncn(Cc3cccc(Cl)c3)n2)c(C)c1Br. The van der Waals surface area contributed by atoms with Crippen molar-refractivity contribution >= 4 is 39.4 Å². The van der Waals surface area contributed by atoms with Crippen molar-refractivity contribution < 1.29 is 4.79 Å². The summed E-state index contributed by atoms with van der Waals surface area (Å²) in [7, 11) is 0. The third-order valence-electron chi connectivity index (χ3n) is 3.87. The molecule has 0 radical (unpaired) electrons. The molecule has 26 heavy (non-hydrogen) atoms. The van der Waals surface area contributed by atoms with E-state index < -0.39 is 0 Å². The van der Waals surface area contributed by atoms with Gasteiger partial charge in [0.25, 0.3) is 0 Å². The van der Waals surface area contributed by atoms with E-state index in [0.717, 1.165) is 21.4 Å². The number of benzene rings is 1. The zero-order chi connectivity index (χ0) is 18.7. The lowest BCUT2D eigenvalue weighted by atomic mass is 10.2. The summed E-state index contributed by atoms with van der Waals surface area (Å²) in [5.41, 5.74) is 2.92. The van der Waals surface area contributed by atoms with Crippen molar-refractivity contribution in [2.75, 3.05) is 5.32 Å². The summed E-state index contributed by atoms with van der Waals surface area (Å²) in [5, 5.41) is 12.0. The summed E-state index contributed by atoms with van der Waals surface area (Å²) in [6.45, 7) is 4.90. The van der Waals surface area contributed by atoms with Crippen LogP contribution in [0.5, 0.6) is 0 Å². The summed E-state index contributed by atoms with van der Waals surface area (Å²) in [6.07, 6.45) is 1.87. The first-order chi connectivity index (χ1) is 12.4. The van der Waals surface area contributed by atoms with Crippen LogP contribution in [0.1, 0.15) is 23.4 Å². The van der Waals surface area contributed by atoms with Gasteiger partial charge >= 0.3 is 0 Å². The molecule has 9 heteroatoms. The Bertz CT molecular complexity index is 935. The van der Waals surface area contributed by atoms with E-state index in [-0.39, 0.29) is 18.3 Å². The van der Waals surface area contributed by atoms with Crippen LogP contribution in [-0.2, 0) is 17.9 Å². The zero-order valence-electron chi connectivity index (χ0n) is 14.4. The molecule has 136 valence electrons. The van der Waals surface area contributed by atoms with Crippen molar-refractivity contribution in [1.82, 2.24) is 24.5 Å². The van der Waals surface area contributed by atoms with Gasteiger partial charge in [0.05, 0.1) is 23.3 Å². The average Bonchev–Trinajstić information content (AvgIpc) is 3.12. The summed E-state index contributed by atoms with van der Waals surface area (Å²) < 4.78 is 4.43. The van der Waals surface area contributed by atoms with Crippen LogP contribution >= 0.6 is 27.5 Å². The normalized spacial score (nSPS) is 10.9. The summed E-state index contributed by atoms with van der Waals surface area (Å²) in [5.74, 6) is 0.126. The maximum Gasteiger partial charge on any atom is 0.248 e. The van der Waals surface area contributed by atoms with Gasteiger partial charge in [0.1, 0.15) is 6.33 Å². The van der Waals surface area contributed by atoms with E-state index >= 15 is 0 Å². The minimum Gasteiger partial charge on any atom is -0.293 e. The maximum absolute atomic E-state index is 12.1. The Labute approximate surface area is 164 Å². The highest BCUT2D eigenvalue weighted by molar-refractivity contribution is 9.10. The van der Waals surface area contributed by atoms with Crippen molar-refractivity contribution in [3.8, 4) is 0 Å². The molecule has 0 aliphatic carbocycles. The van der Waals surface area contributed by atoms with Crippen LogP contribution in [0.2, 0.25) is 5.02 Å². The Kier molecular flexibility index (Phi) is 5.73. The molecule has 1 aromatic carbocycles. The van der Waals surface area contributed by atoms with Crippen LogP contribution in [0.3, 0.4) is 0 Å². The van der Waals surface area contributed by atoms with E-state index in [0.29, 0.717) is 18.1 Å². The number of aromatic nitrogens is 5. The summed E-state index contributed by atoms with van der Waals surface area (Å²) in [4.78, 5) is 16.3. The van der Waals surface area contributed by atoms with Gasteiger partial charge in [-0.25, -0.2) is 9.67 Å². The molecular weight excluding hydrogens is 420 g/mol. The first-order valence-electron chi connectivity index (χ1n) is 8.05. The first kappa shape index (κ1) is 18.6. The number of carbonyl (C=O) groups excluding carboxylic acids is 1. The fourth-order valence-electron chi connectivity index (χ4n) is 2.54. The molecule has 0 bridgehead atoms. The Morgan fingerprint density at radius 2 is 2.12 bits per heavy atom. The van der Waals surface area contributed by atoms with Gasteiger partial charge in [-0.2, -0.15) is 5.10 Å². The number of amides is 1. The highest BCUT2D eigenvalue weighted by Gasteiger charge is 2.11. The lowest BCUT2D eigenvalue weighted by molar-refractivity contribution is -0.116. The largest absolute Gasteiger partial charge is 0.293 e. The van der Waals surface area contributed by atoms with E-state index in [2.05, 4.69) is 36.4 Å². The van der Waals surface area contributed by atoms with Gasteiger partial charge in [0, 0.05) is 17.1 Å². The smallest absolute Gasteiger partial charge is 0.248 e. The number of hydrogen-bond acceptors (Lipinski definition) is 4. The number of nitrogens with one attached hydrogen (secondary N) is 1. The van der Waals surface area contributed by atoms with E-state index in [4.69, 9.17) is 11.6 Å². The molecule has 7 nitrogen and oxygen atoms in total. The Hall–Kier alpha value is -2.19. The second-order valence-electron chi connectivity index (χ2n) is 5.90. The van der Waals surface area contributed by atoms with Gasteiger partial charge in [-0.15, -0.1) is 5.10 Å². The van der Waals surface area contributed by atoms with Crippen molar-refractivity contribution in [2.45, 2.75) is 33.4 Å². The molecule has 2 heterocycles. The molecule has 0 aliphatic heterocycles. The predicted molar refractivity (Wildman–Crippen MR) is 103 cm³/mol. The topological polar surface area (TPSA) is 77.6 Å². The van der Waals surface area contributed by atoms with Crippen molar-refractivity contribution in [2.24, 2.45) is 0 Å². The lowest BCUT2D eigenvalue weighted by Gasteiger charge is -2.04. The fourth-order valence-corrected chi connectivity index (χ4v) is 3.03. The van der Waals surface area contributed by atoms with Crippen LogP contribution < -0.4 is 5.32 Å². The Morgan fingerprint density at radius 3 is 2.81 bits per heavy atom. The van der Waals surface area contributed by atoms with Crippen LogP contribution in [0, 0.1) is 13.8 Å². The highest BCUT2D eigenvalue weighted by atomic mass is 79.9. The molecule has 0 fully saturated rings. The number of anilines is 1. The number of nitrogens with zero attached hydrogens (tertiary/aromatic N) is 5. The number of aryl methyl sites for hydroxylation is 2. The molecule has 0 unspecified atom stereocenters. The minimum absolute atomic E-state index is 0.158. The number of halogens is 2. The average molecular weight is 438 g/mol. The van der Waals surface area contributed by atoms with Crippen LogP contribution in [-0.4, -0.2) is 30.5 Å². The van der Waals surface area contributed by atoms with Crippen LogP contribution in [0.25, 0.3) is 0 Å². The molecule has 0 aliphatic rings. The zero-order valence-corrected chi connectivity index (χ0v) is 16.8. The van der Waals surface area contributed by atoms with Crippen molar-refractivity contribution in [3.63, 3.8) is 0 Å². The molecule has 0 atom stereocenters. The number of carbonyl (C=O) groups is 1. The highest BCUT2D eigenvalue weighted by Crippen LogP contribution is 2.19. The van der Waals surface area contributed by atoms with Crippen LogP contribution in [0.4, 0.5) is 5.95 Å². The molecule has 0 spiro atoms. The van der Waals surface area contributed by atoms with Gasteiger partial charge in [0.2, 0.25) is 11.9 Å². The third-order valence-corrected chi connectivity index (χ3v) is 5.25. The van der Waals surface area contributed by atoms with Crippen LogP contribution in [0.15, 0.2) is 35.1 Å². The molecule has 0 saturated carbocycles. The number of hydrogen-bond donors (Lipinski definition) is 1. The summed E-state index contributed by atoms with van der Waals surface area (Å²) >= 11 is 9.46. The van der Waals surface area contributed by atoms with Crippen molar-refractivity contribution in [1.29, 1.82) is 0 Å². The molecule has 0 saturated heterocycles. The van der Waals surface area contributed by atoms with Gasteiger partial charge in [-0.05, 0) is 47.5 Å². The lowest BCUT2D eigenvalue weighted by Crippen LogP contribution is -2.16. The predicted octanol–water partition coefficient (Wildman–Crippen LogP) is 3.58. The number of rotatable bonds is 6.